The molecule has 0 atom stereocenters. The van der Waals surface area contributed by atoms with E-state index in [1.165, 1.54) is 6.20 Å². The molecule has 0 bridgehead atoms. The summed E-state index contributed by atoms with van der Waals surface area (Å²) < 4.78 is 5.37. The Labute approximate surface area is 124 Å². The van der Waals surface area contributed by atoms with Crippen LogP contribution in [-0.4, -0.2) is 60.7 Å². The highest BCUT2D eigenvalue weighted by molar-refractivity contribution is 5.48. The Morgan fingerprint density at radius 3 is 2.67 bits per heavy atom. The molecule has 1 aliphatic rings. The Balaban J connectivity index is 1.90. The van der Waals surface area contributed by atoms with Gasteiger partial charge in [-0.2, -0.15) is 0 Å². The molecule has 0 spiro atoms. The van der Waals surface area contributed by atoms with Gasteiger partial charge in [-0.05, 0) is 19.9 Å². The highest BCUT2D eigenvalue weighted by Gasteiger charge is 2.19. The van der Waals surface area contributed by atoms with Gasteiger partial charge in [0.05, 0.1) is 11.5 Å². The predicted octanol–water partition coefficient (Wildman–Crippen LogP) is 1.46. The Kier molecular flexibility index (Phi) is 5.46. The molecule has 0 radical (unpaired) electrons. The fourth-order valence-corrected chi connectivity index (χ4v) is 2.44. The second-order valence-corrected chi connectivity index (χ2v) is 5.11. The van der Waals surface area contributed by atoms with E-state index in [1.54, 1.807) is 13.0 Å². The standard InChI is InChI=1S/C14H22N4O3/c1-3-21-9-8-16-4-6-17(7-5-16)14-10-12(2)13(11-15-14)18(19)20/h10-11H,3-9H2,1-2H3. The number of anilines is 1. The Bertz CT molecular complexity index is 487. The molecular weight excluding hydrogens is 272 g/mol. The molecular formula is C14H22N4O3. The first-order chi connectivity index (χ1) is 10.1. The first-order valence-electron chi connectivity index (χ1n) is 7.28. The van der Waals surface area contributed by atoms with Crippen LogP contribution in [0.15, 0.2) is 12.3 Å². The average molecular weight is 294 g/mol. The van der Waals surface area contributed by atoms with Crippen LogP contribution < -0.4 is 4.90 Å². The minimum Gasteiger partial charge on any atom is -0.380 e. The third-order valence-corrected chi connectivity index (χ3v) is 3.72. The quantitative estimate of drug-likeness (QED) is 0.449. The zero-order chi connectivity index (χ0) is 15.2. The van der Waals surface area contributed by atoms with Crippen LogP contribution in [0, 0.1) is 17.0 Å². The SMILES string of the molecule is CCOCCN1CCN(c2cc(C)c([N+](=O)[O-])cn2)CC1. The summed E-state index contributed by atoms with van der Waals surface area (Å²) in [5, 5.41) is 10.8. The second kappa shape index (κ2) is 7.33. The lowest BCUT2D eigenvalue weighted by atomic mass is 10.2. The summed E-state index contributed by atoms with van der Waals surface area (Å²) in [6.45, 7) is 9.93. The van der Waals surface area contributed by atoms with Crippen molar-refractivity contribution in [3.05, 3.63) is 27.9 Å². The van der Waals surface area contributed by atoms with Gasteiger partial charge in [0.15, 0.2) is 0 Å². The van der Waals surface area contributed by atoms with Gasteiger partial charge in [-0.25, -0.2) is 4.98 Å². The summed E-state index contributed by atoms with van der Waals surface area (Å²) in [4.78, 5) is 19.2. The number of ether oxygens (including phenoxy) is 1. The molecule has 7 heteroatoms. The van der Waals surface area contributed by atoms with Gasteiger partial charge in [-0.3, -0.25) is 15.0 Å². The summed E-state index contributed by atoms with van der Waals surface area (Å²) in [5.41, 5.74) is 0.734. The van der Waals surface area contributed by atoms with Gasteiger partial charge in [-0.15, -0.1) is 0 Å². The maximum atomic E-state index is 10.8. The summed E-state index contributed by atoms with van der Waals surface area (Å²) >= 11 is 0. The third kappa shape index (κ3) is 4.12. The minimum absolute atomic E-state index is 0.0779. The van der Waals surface area contributed by atoms with Crippen LogP contribution in [0.1, 0.15) is 12.5 Å². The fraction of sp³-hybridized carbons (Fsp3) is 0.643. The topological polar surface area (TPSA) is 71.7 Å². The molecule has 0 aliphatic carbocycles. The van der Waals surface area contributed by atoms with E-state index in [9.17, 15) is 10.1 Å². The minimum atomic E-state index is -0.391. The van der Waals surface area contributed by atoms with Crippen LogP contribution in [0.4, 0.5) is 11.5 Å². The van der Waals surface area contributed by atoms with Crippen LogP contribution in [0.25, 0.3) is 0 Å². The molecule has 1 saturated heterocycles. The van der Waals surface area contributed by atoms with Crippen molar-refractivity contribution in [2.75, 3.05) is 50.8 Å². The molecule has 21 heavy (non-hydrogen) atoms. The van der Waals surface area contributed by atoms with E-state index in [1.807, 2.05) is 6.92 Å². The first-order valence-corrected chi connectivity index (χ1v) is 7.28. The number of aromatic nitrogens is 1. The van der Waals surface area contributed by atoms with Crippen molar-refractivity contribution in [2.45, 2.75) is 13.8 Å². The molecule has 1 aromatic heterocycles. The molecule has 1 aliphatic heterocycles. The van der Waals surface area contributed by atoms with Gasteiger partial charge in [-0.1, -0.05) is 0 Å². The lowest BCUT2D eigenvalue weighted by molar-refractivity contribution is -0.385. The number of hydrogen-bond acceptors (Lipinski definition) is 6. The molecule has 1 fully saturated rings. The highest BCUT2D eigenvalue weighted by atomic mass is 16.6. The van der Waals surface area contributed by atoms with E-state index >= 15 is 0 Å². The Morgan fingerprint density at radius 1 is 1.38 bits per heavy atom. The zero-order valence-electron chi connectivity index (χ0n) is 12.6. The van der Waals surface area contributed by atoms with Crippen LogP contribution in [-0.2, 0) is 4.74 Å². The molecule has 0 aromatic carbocycles. The largest absolute Gasteiger partial charge is 0.380 e. The third-order valence-electron chi connectivity index (χ3n) is 3.72. The second-order valence-electron chi connectivity index (χ2n) is 5.11. The number of rotatable bonds is 6. The molecule has 0 N–H and O–H groups in total. The predicted molar refractivity (Wildman–Crippen MR) is 80.8 cm³/mol. The molecule has 2 rings (SSSR count). The van der Waals surface area contributed by atoms with Crippen LogP contribution in [0.3, 0.4) is 0 Å². The van der Waals surface area contributed by atoms with Gasteiger partial charge in [0.1, 0.15) is 12.0 Å². The maximum absolute atomic E-state index is 10.8. The first kappa shape index (κ1) is 15.7. The molecule has 0 unspecified atom stereocenters. The summed E-state index contributed by atoms with van der Waals surface area (Å²) in [7, 11) is 0. The van der Waals surface area contributed by atoms with Crippen molar-refractivity contribution in [1.82, 2.24) is 9.88 Å². The molecule has 1 aromatic rings. The van der Waals surface area contributed by atoms with Crippen molar-refractivity contribution < 1.29 is 9.66 Å². The van der Waals surface area contributed by atoms with Crippen molar-refractivity contribution in [1.29, 1.82) is 0 Å². The smallest absolute Gasteiger partial charge is 0.290 e. The van der Waals surface area contributed by atoms with Crippen molar-refractivity contribution in [3.63, 3.8) is 0 Å². The van der Waals surface area contributed by atoms with E-state index in [0.717, 1.165) is 51.8 Å². The van der Waals surface area contributed by atoms with Crippen LogP contribution in [0.5, 0.6) is 0 Å². The number of piperazine rings is 1. The van der Waals surface area contributed by atoms with Crippen LogP contribution in [0.2, 0.25) is 0 Å². The molecule has 0 saturated carbocycles. The number of nitro groups is 1. The monoisotopic (exact) mass is 294 g/mol. The van der Waals surface area contributed by atoms with E-state index in [-0.39, 0.29) is 5.69 Å². The highest BCUT2D eigenvalue weighted by Crippen LogP contribution is 2.22. The van der Waals surface area contributed by atoms with Crippen molar-refractivity contribution >= 4 is 11.5 Å². The van der Waals surface area contributed by atoms with Gasteiger partial charge in [0.2, 0.25) is 0 Å². The number of hydrogen-bond donors (Lipinski definition) is 0. The van der Waals surface area contributed by atoms with Gasteiger partial charge >= 0.3 is 0 Å². The Hall–Kier alpha value is -1.73. The molecule has 7 nitrogen and oxygen atoms in total. The van der Waals surface area contributed by atoms with E-state index in [4.69, 9.17) is 4.74 Å². The maximum Gasteiger partial charge on any atom is 0.290 e. The summed E-state index contributed by atoms with van der Waals surface area (Å²) in [6, 6.07) is 1.80. The molecule has 0 amide bonds. The number of pyridine rings is 1. The lowest BCUT2D eigenvalue weighted by Gasteiger charge is -2.35. The van der Waals surface area contributed by atoms with Crippen molar-refractivity contribution in [2.24, 2.45) is 0 Å². The summed E-state index contributed by atoms with van der Waals surface area (Å²) in [5.74, 6) is 0.822. The Morgan fingerprint density at radius 2 is 2.10 bits per heavy atom. The number of nitrogens with zero attached hydrogens (tertiary/aromatic N) is 4. The van der Waals surface area contributed by atoms with E-state index < -0.39 is 4.92 Å². The lowest BCUT2D eigenvalue weighted by Crippen LogP contribution is -2.47. The molecule has 116 valence electrons. The van der Waals surface area contributed by atoms with Gasteiger partial charge in [0, 0.05) is 44.9 Å². The fourth-order valence-electron chi connectivity index (χ4n) is 2.44. The zero-order valence-corrected chi connectivity index (χ0v) is 12.6. The normalized spacial score (nSPS) is 16.2. The van der Waals surface area contributed by atoms with Gasteiger partial charge in [0.25, 0.3) is 5.69 Å². The van der Waals surface area contributed by atoms with E-state index in [0.29, 0.717) is 5.56 Å². The molecule has 2 heterocycles. The van der Waals surface area contributed by atoms with E-state index in [2.05, 4.69) is 14.8 Å². The summed E-state index contributed by atoms with van der Waals surface area (Å²) in [6.07, 6.45) is 1.35. The van der Waals surface area contributed by atoms with Gasteiger partial charge < -0.3 is 9.64 Å². The van der Waals surface area contributed by atoms with Crippen molar-refractivity contribution in [3.8, 4) is 0 Å². The average Bonchev–Trinajstić information content (AvgIpc) is 2.48. The van der Waals surface area contributed by atoms with Crippen LogP contribution >= 0.6 is 0 Å². The number of aryl methyl sites for hydroxylation is 1.